The molecule has 2 heteroatoms. The second kappa shape index (κ2) is 4.79. The Morgan fingerprint density at radius 2 is 2.12 bits per heavy atom. The smallest absolute Gasteiger partial charge is 0.0992 e. The summed E-state index contributed by atoms with van der Waals surface area (Å²) in [6.45, 7) is 6.84. The van der Waals surface area contributed by atoms with Gasteiger partial charge in [0.2, 0.25) is 0 Å². The molecule has 0 spiro atoms. The standard InChI is InChI=1S/C15H20N2/c1-3-15(4-2)8-9-17(12-15)14-7-5-6-13(10-14)11-16/h5-7,10H,3-4,8-9,12H2,1-2H3. The SMILES string of the molecule is CCC1(CC)CCN(c2cccc(C#N)c2)C1. The topological polar surface area (TPSA) is 27.0 Å². The Hall–Kier alpha value is -1.49. The minimum Gasteiger partial charge on any atom is -0.371 e. The molecule has 1 aromatic carbocycles. The third-order valence-corrected chi connectivity index (χ3v) is 4.28. The lowest BCUT2D eigenvalue weighted by molar-refractivity contribution is 0.301. The zero-order chi connectivity index (χ0) is 12.3. The average Bonchev–Trinajstić information content (AvgIpc) is 2.84. The first-order chi connectivity index (χ1) is 8.23. The van der Waals surface area contributed by atoms with Crippen molar-refractivity contribution in [2.45, 2.75) is 33.1 Å². The summed E-state index contributed by atoms with van der Waals surface area (Å²) in [4.78, 5) is 2.42. The van der Waals surface area contributed by atoms with E-state index in [0.717, 1.165) is 18.7 Å². The molecule has 90 valence electrons. The molecular weight excluding hydrogens is 208 g/mol. The Morgan fingerprint density at radius 1 is 1.35 bits per heavy atom. The lowest BCUT2D eigenvalue weighted by Gasteiger charge is -2.27. The minimum atomic E-state index is 0.489. The normalized spacial score (nSPS) is 18.1. The summed E-state index contributed by atoms with van der Waals surface area (Å²) in [7, 11) is 0. The van der Waals surface area contributed by atoms with Gasteiger partial charge in [-0.2, -0.15) is 5.26 Å². The highest BCUT2D eigenvalue weighted by Gasteiger charge is 2.34. The molecule has 1 saturated heterocycles. The van der Waals surface area contributed by atoms with E-state index in [2.05, 4.69) is 30.9 Å². The van der Waals surface area contributed by atoms with E-state index in [0.29, 0.717) is 5.41 Å². The van der Waals surface area contributed by atoms with E-state index >= 15 is 0 Å². The van der Waals surface area contributed by atoms with Crippen molar-refractivity contribution >= 4 is 5.69 Å². The predicted octanol–water partition coefficient (Wildman–Crippen LogP) is 3.57. The van der Waals surface area contributed by atoms with E-state index < -0.39 is 0 Å². The van der Waals surface area contributed by atoms with Gasteiger partial charge in [-0.1, -0.05) is 19.9 Å². The van der Waals surface area contributed by atoms with Crippen molar-refractivity contribution in [2.75, 3.05) is 18.0 Å². The van der Waals surface area contributed by atoms with Gasteiger partial charge in [-0.15, -0.1) is 0 Å². The van der Waals surface area contributed by atoms with Crippen LogP contribution in [0.3, 0.4) is 0 Å². The maximum atomic E-state index is 8.93. The predicted molar refractivity (Wildman–Crippen MR) is 71.0 cm³/mol. The van der Waals surface area contributed by atoms with Crippen LogP contribution in [0.5, 0.6) is 0 Å². The molecular formula is C15H20N2. The first-order valence-corrected chi connectivity index (χ1v) is 6.48. The first-order valence-electron chi connectivity index (χ1n) is 6.48. The molecule has 1 fully saturated rings. The van der Waals surface area contributed by atoms with Crippen LogP contribution in [0.4, 0.5) is 5.69 Å². The lowest BCUT2D eigenvalue weighted by atomic mass is 9.82. The van der Waals surface area contributed by atoms with Gasteiger partial charge >= 0.3 is 0 Å². The highest BCUT2D eigenvalue weighted by Crippen LogP contribution is 2.38. The Balaban J connectivity index is 2.18. The molecule has 0 aliphatic carbocycles. The van der Waals surface area contributed by atoms with Gasteiger partial charge in [-0.25, -0.2) is 0 Å². The summed E-state index contributed by atoms with van der Waals surface area (Å²) in [5.41, 5.74) is 2.45. The molecule has 0 atom stereocenters. The molecule has 0 saturated carbocycles. The number of hydrogen-bond acceptors (Lipinski definition) is 2. The second-order valence-electron chi connectivity index (χ2n) is 5.04. The maximum Gasteiger partial charge on any atom is 0.0992 e. The number of hydrogen-bond donors (Lipinski definition) is 0. The lowest BCUT2D eigenvalue weighted by Crippen LogP contribution is -2.26. The van der Waals surface area contributed by atoms with E-state index in [1.54, 1.807) is 0 Å². The Labute approximate surface area is 104 Å². The second-order valence-corrected chi connectivity index (χ2v) is 5.04. The third-order valence-electron chi connectivity index (χ3n) is 4.28. The summed E-state index contributed by atoms with van der Waals surface area (Å²) < 4.78 is 0. The molecule has 0 aromatic heterocycles. The summed E-state index contributed by atoms with van der Waals surface area (Å²) in [5.74, 6) is 0. The fraction of sp³-hybridized carbons (Fsp3) is 0.533. The molecule has 0 radical (unpaired) electrons. The van der Waals surface area contributed by atoms with Gasteiger partial charge in [0.25, 0.3) is 0 Å². The molecule has 1 aliphatic heterocycles. The van der Waals surface area contributed by atoms with Gasteiger partial charge in [0.05, 0.1) is 11.6 Å². The summed E-state index contributed by atoms with van der Waals surface area (Å²) in [5, 5.41) is 8.93. The molecule has 0 amide bonds. The van der Waals surface area contributed by atoms with Gasteiger partial charge in [0, 0.05) is 18.8 Å². The van der Waals surface area contributed by atoms with Gasteiger partial charge < -0.3 is 4.90 Å². The largest absolute Gasteiger partial charge is 0.371 e. The van der Waals surface area contributed by atoms with E-state index in [9.17, 15) is 0 Å². The van der Waals surface area contributed by atoms with Crippen molar-refractivity contribution in [3.8, 4) is 6.07 Å². The molecule has 0 bridgehead atoms. The van der Waals surface area contributed by atoms with Crippen molar-refractivity contribution in [3.05, 3.63) is 29.8 Å². The molecule has 17 heavy (non-hydrogen) atoms. The van der Waals surface area contributed by atoms with Gasteiger partial charge in [0.15, 0.2) is 0 Å². The molecule has 2 nitrogen and oxygen atoms in total. The Bertz CT molecular complexity index is 427. The van der Waals surface area contributed by atoms with Gasteiger partial charge in [-0.3, -0.25) is 0 Å². The van der Waals surface area contributed by atoms with Crippen LogP contribution in [0.15, 0.2) is 24.3 Å². The number of benzene rings is 1. The van der Waals surface area contributed by atoms with Crippen molar-refractivity contribution in [1.29, 1.82) is 5.26 Å². The van der Waals surface area contributed by atoms with Crippen LogP contribution in [0.25, 0.3) is 0 Å². The third kappa shape index (κ3) is 2.29. The Kier molecular flexibility index (Phi) is 3.38. The van der Waals surface area contributed by atoms with E-state index in [1.165, 1.54) is 24.9 Å². The summed E-state index contributed by atoms with van der Waals surface area (Å²) in [6.07, 6.45) is 3.77. The molecule has 1 aliphatic rings. The highest BCUT2D eigenvalue weighted by atomic mass is 15.2. The number of nitrogens with zero attached hydrogens (tertiary/aromatic N) is 2. The van der Waals surface area contributed by atoms with Crippen LogP contribution < -0.4 is 4.90 Å². The average molecular weight is 228 g/mol. The molecule has 0 N–H and O–H groups in total. The van der Waals surface area contributed by atoms with Crippen LogP contribution in [0.1, 0.15) is 38.7 Å². The Morgan fingerprint density at radius 3 is 2.71 bits per heavy atom. The van der Waals surface area contributed by atoms with E-state index in [1.807, 2.05) is 18.2 Å². The highest BCUT2D eigenvalue weighted by molar-refractivity contribution is 5.52. The van der Waals surface area contributed by atoms with Crippen LogP contribution in [-0.2, 0) is 0 Å². The van der Waals surface area contributed by atoms with Crippen molar-refractivity contribution in [2.24, 2.45) is 5.41 Å². The van der Waals surface area contributed by atoms with E-state index in [4.69, 9.17) is 5.26 Å². The zero-order valence-corrected chi connectivity index (χ0v) is 10.7. The van der Waals surface area contributed by atoms with Gasteiger partial charge in [0.1, 0.15) is 0 Å². The quantitative estimate of drug-likeness (QED) is 0.790. The number of rotatable bonds is 3. The first kappa shape index (κ1) is 12.0. The fourth-order valence-electron chi connectivity index (χ4n) is 2.75. The van der Waals surface area contributed by atoms with Crippen LogP contribution in [0, 0.1) is 16.7 Å². The van der Waals surface area contributed by atoms with Crippen LogP contribution in [-0.4, -0.2) is 13.1 Å². The van der Waals surface area contributed by atoms with Crippen molar-refractivity contribution < 1.29 is 0 Å². The van der Waals surface area contributed by atoms with Crippen LogP contribution in [0.2, 0.25) is 0 Å². The molecule has 1 heterocycles. The summed E-state index contributed by atoms with van der Waals surface area (Å²) in [6, 6.07) is 10.2. The number of nitriles is 1. The van der Waals surface area contributed by atoms with Gasteiger partial charge in [-0.05, 0) is 42.9 Å². The minimum absolute atomic E-state index is 0.489. The zero-order valence-electron chi connectivity index (χ0n) is 10.7. The molecule has 0 unspecified atom stereocenters. The van der Waals surface area contributed by atoms with Crippen molar-refractivity contribution in [3.63, 3.8) is 0 Å². The maximum absolute atomic E-state index is 8.93. The fourth-order valence-corrected chi connectivity index (χ4v) is 2.75. The van der Waals surface area contributed by atoms with E-state index in [-0.39, 0.29) is 0 Å². The summed E-state index contributed by atoms with van der Waals surface area (Å²) >= 11 is 0. The number of anilines is 1. The monoisotopic (exact) mass is 228 g/mol. The molecule has 1 aromatic rings. The molecule has 2 rings (SSSR count). The van der Waals surface area contributed by atoms with Crippen molar-refractivity contribution in [1.82, 2.24) is 0 Å². The van der Waals surface area contributed by atoms with Crippen LogP contribution >= 0.6 is 0 Å².